The van der Waals surface area contributed by atoms with Crippen LogP contribution in [0.5, 0.6) is 0 Å². The minimum Gasteiger partial charge on any atom is -0.459 e. The summed E-state index contributed by atoms with van der Waals surface area (Å²) in [6.45, 7) is 9.26. The largest absolute Gasteiger partial charge is 0.459 e. The average Bonchev–Trinajstić information content (AvgIpc) is 3.46. The molecule has 1 saturated carbocycles. The Morgan fingerprint density at radius 1 is 1.29 bits per heavy atom. The highest BCUT2D eigenvalue weighted by molar-refractivity contribution is 5.81. The minimum atomic E-state index is -0.185. The van der Waals surface area contributed by atoms with Crippen LogP contribution in [0.2, 0.25) is 0 Å². The number of nitrogens with zero attached hydrogens (tertiary/aromatic N) is 4. The normalized spacial score (nSPS) is 25.7. The van der Waals surface area contributed by atoms with Gasteiger partial charge in [-0.15, -0.1) is 0 Å². The van der Waals surface area contributed by atoms with Gasteiger partial charge in [-0.2, -0.15) is 10.2 Å². The molecule has 0 bridgehead atoms. The molecule has 8 heteroatoms. The molecule has 31 heavy (non-hydrogen) atoms. The van der Waals surface area contributed by atoms with Crippen LogP contribution in [-0.4, -0.2) is 54.1 Å². The fourth-order valence-electron chi connectivity index (χ4n) is 4.67. The summed E-state index contributed by atoms with van der Waals surface area (Å²) in [5, 5.41) is 12.8. The van der Waals surface area contributed by atoms with Gasteiger partial charge in [0.2, 0.25) is 17.5 Å². The van der Waals surface area contributed by atoms with E-state index in [1.165, 1.54) is 12.8 Å². The molecule has 0 spiro atoms. The summed E-state index contributed by atoms with van der Waals surface area (Å²) in [6.07, 6.45) is 5.05. The Balaban J connectivity index is 1.35. The van der Waals surface area contributed by atoms with E-state index in [1.807, 2.05) is 11.8 Å². The van der Waals surface area contributed by atoms with Crippen molar-refractivity contribution in [1.82, 2.24) is 15.2 Å². The van der Waals surface area contributed by atoms with Gasteiger partial charge in [0, 0.05) is 32.2 Å². The number of hydrogen-bond acceptors (Lipinski definition) is 7. The summed E-state index contributed by atoms with van der Waals surface area (Å²) in [4.78, 5) is 21.4. The van der Waals surface area contributed by atoms with E-state index in [0.717, 1.165) is 6.42 Å². The Morgan fingerprint density at radius 3 is 2.74 bits per heavy atom. The summed E-state index contributed by atoms with van der Waals surface area (Å²) in [5.74, 6) is 2.55. The standard InChI is InChI=1S/C23H31N5O3/c1-15-6-4-7-18(16(15)2)25-21(29)17(3)27-9-11-28(12-10-27)23-19(14-24)26-22(31-23)20-8-5-13-30-20/h5,8,13,15-18H,4,6-7,9-12H2,1-3H3,(H,25,29)/t15-,16+,17+,18+/m1/s1. The van der Waals surface area contributed by atoms with E-state index in [1.54, 1.807) is 18.4 Å². The van der Waals surface area contributed by atoms with Gasteiger partial charge in [-0.3, -0.25) is 9.69 Å². The molecule has 1 amide bonds. The van der Waals surface area contributed by atoms with E-state index in [9.17, 15) is 10.1 Å². The number of nitriles is 1. The average molecular weight is 426 g/mol. The molecule has 0 aromatic carbocycles. The van der Waals surface area contributed by atoms with Crippen molar-refractivity contribution in [2.24, 2.45) is 11.8 Å². The molecule has 0 unspecified atom stereocenters. The van der Waals surface area contributed by atoms with Crippen molar-refractivity contribution in [3.8, 4) is 17.7 Å². The molecule has 2 aromatic heterocycles. The number of rotatable bonds is 5. The fourth-order valence-corrected chi connectivity index (χ4v) is 4.67. The minimum absolute atomic E-state index is 0.108. The van der Waals surface area contributed by atoms with Crippen LogP contribution < -0.4 is 10.2 Å². The lowest BCUT2D eigenvalue weighted by molar-refractivity contribution is -0.127. The van der Waals surface area contributed by atoms with Crippen molar-refractivity contribution < 1.29 is 13.6 Å². The quantitative estimate of drug-likeness (QED) is 0.785. The van der Waals surface area contributed by atoms with Crippen LogP contribution in [0, 0.1) is 23.2 Å². The van der Waals surface area contributed by atoms with E-state index < -0.39 is 0 Å². The first kappa shape index (κ1) is 21.4. The Bertz CT molecular complexity index is 924. The summed E-state index contributed by atoms with van der Waals surface area (Å²) in [6, 6.07) is 5.71. The lowest BCUT2D eigenvalue weighted by Crippen LogP contribution is -2.56. The maximum Gasteiger partial charge on any atom is 0.266 e. The molecule has 3 heterocycles. The second kappa shape index (κ2) is 9.15. The fraction of sp³-hybridized carbons (Fsp3) is 0.609. The van der Waals surface area contributed by atoms with Gasteiger partial charge < -0.3 is 19.1 Å². The second-order valence-electron chi connectivity index (χ2n) is 8.84. The Labute approximate surface area is 183 Å². The highest BCUT2D eigenvalue weighted by Gasteiger charge is 2.32. The predicted molar refractivity (Wildman–Crippen MR) is 116 cm³/mol. The monoisotopic (exact) mass is 425 g/mol. The van der Waals surface area contributed by atoms with Gasteiger partial charge in [-0.05, 0) is 37.3 Å². The predicted octanol–water partition coefficient (Wildman–Crippen LogP) is 3.26. The van der Waals surface area contributed by atoms with Gasteiger partial charge in [0.1, 0.15) is 6.07 Å². The number of anilines is 1. The van der Waals surface area contributed by atoms with Crippen LogP contribution in [0.15, 0.2) is 27.2 Å². The van der Waals surface area contributed by atoms with Crippen LogP contribution in [0.4, 0.5) is 5.88 Å². The van der Waals surface area contributed by atoms with E-state index in [2.05, 4.69) is 35.1 Å². The van der Waals surface area contributed by atoms with Crippen LogP contribution in [-0.2, 0) is 4.79 Å². The zero-order valence-electron chi connectivity index (χ0n) is 18.5. The van der Waals surface area contributed by atoms with Gasteiger partial charge in [0.15, 0.2) is 5.76 Å². The highest BCUT2D eigenvalue weighted by Crippen LogP contribution is 2.30. The zero-order chi connectivity index (χ0) is 22.0. The van der Waals surface area contributed by atoms with Crippen molar-refractivity contribution in [1.29, 1.82) is 5.26 Å². The number of oxazole rings is 1. The van der Waals surface area contributed by atoms with Crippen molar-refractivity contribution in [3.05, 3.63) is 24.1 Å². The molecule has 4 rings (SSSR count). The number of carbonyl (C=O) groups excluding carboxylic acids is 1. The van der Waals surface area contributed by atoms with Gasteiger partial charge in [-0.25, -0.2) is 0 Å². The first-order valence-corrected chi connectivity index (χ1v) is 11.2. The smallest absolute Gasteiger partial charge is 0.266 e. The molecule has 0 radical (unpaired) electrons. The van der Waals surface area contributed by atoms with Crippen molar-refractivity contribution in [2.45, 2.75) is 52.1 Å². The summed E-state index contributed by atoms with van der Waals surface area (Å²) in [5.41, 5.74) is 0.256. The third-order valence-electron chi connectivity index (χ3n) is 7.01. The summed E-state index contributed by atoms with van der Waals surface area (Å²) >= 11 is 0. The molecule has 1 aliphatic carbocycles. The number of furan rings is 1. The zero-order valence-corrected chi connectivity index (χ0v) is 18.5. The molecule has 8 nitrogen and oxygen atoms in total. The van der Waals surface area contributed by atoms with E-state index in [-0.39, 0.29) is 23.7 Å². The third-order valence-corrected chi connectivity index (χ3v) is 7.01. The topological polar surface area (TPSA) is 98.5 Å². The van der Waals surface area contributed by atoms with Crippen LogP contribution in [0.3, 0.4) is 0 Å². The Kier molecular flexibility index (Phi) is 6.33. The van der Waals surface area contributed by atoms with Crippen molar-refractivity contribution in [2.75, 3.05) is 31.1 Å². The third kappa shape index (κ3) is 4.47. The van der Waals surface area contributed by atoms with Gasteiger partial charge in [-0.1, -0.05) is 26.7 Å². The lowest BCUT2D eigenvalue weighted by atomic mass is 9.78. The molecular weight excluding hydrogens is 394 g/mol. The molecule has 4 atom stereocenters. The molecule has 1 N–H and O–H groups in total. The van der Waals surface area contributed by atoms with Crippen molar-refractivity contribution >= 4 is 11.8 Å². The maximum absolute atomic E-state index is 12.9. The molecule has 2 aliphatic rings. The molecule has 2 fully saturated rings. The van der Waals surface area contributed by atoms with Crippen LogP contribution in [0.25, 0.3) is 11.7 Å². The molecular formula is C23H31N5O3. The highest BCUT2D eigenvalue weighted by atomic mass is 16.4. The van der Waals surface area contributed by atoms with Crippen molar-refractivity contribution in [3.63, 3.8) is 0 Å². The first-order valence-electron chi connectivity index (χ1n) is 11.2. The van der Waals surface area contributed by atoms with Crippen LogP contribution >= 0.6 is 0 Å². The summed E-state index contributed by atoms with van der Waals surface area (Å²) < 4.78 is 11.2. The van der Waals surface area contributed by atoms with E-state index in [0.29, 0.717) is 55.5 Å². The van der Waals surface area contributed by atoms with E-state index >= 15 is 0 Å². The van der Waals surface area contributed by atoms with Gasteiger partial charge in [0.05, 0.1) is 12.3 Å². The lowest BCUT2D eigenvalue weighted by Gasteiger charge is -2.39. The number of piperazine rings is 1. The van der Waals surface area contributed by atoms with Crippen LogP contribution in [0.1, 0.15) is 45.7 Å². The van der Waals surface area contributed by atoms with Gasteiger partial charge in [0.25, 0.3) is 5.89 Å². The number of hydrogen-bond donors (Lipinski definition) is 1. The molecule has 2 aromatic rings. The Morgan fingerprint density at radius 2 is 2.06 bits per heavy atom. The SMILES string of the molecule is C[C@H]1[C@H](C)CCC[C@@H]1NC(=O)[C@H](C)N1CCN(c2oc(-c3ccco3)nc2C#N)CC1. The summed E-state index contributed by atoms with van der Waals surface area (Å²) in [7, 11) is 0. The molecule has 1 saturated heterocycles. The molecule has 1 aliphatic heterocycles. The van der Waals surface area contributed by atoms with E-state index in [4.69, 9.17) is 8.83 Å². The maximum atomic E-state index is 12.9. The number of carbonyl (C=O) groups is 1. The Hall–Kier alpha value is -2.79. The molecule has 166 valence electrons. The first-order chi connectivity index (χ1) is 15.0. The number of aromatic nitrogens is 1. The number of nitrogens with one attached hydrogen (secondary N) is 1. The number of amides is 1. The van der Waals surface area contributed by atoms with Gasteiger partial charge >= 0.3 is 0 Å². The second-order valence-corrected chi connectivity index (χ2v) is 8.84.